The van der Waals surface area contributed by atoms with Gasteiger partial charge in [0.1, 0.15) is 5.15 Å². The molecule has 0 fully saturated rings. The highest BCUT2D eigenvalue weighted by Gasteiger charge is 2.24. The Bertz CT molecular complexity index is 1330. The molecule has 150 valence electrons. The van der Waals surface area contributed by atoms with E-state index in [2.05, 4.69) is 14.7 Å². The Labute approximate surface area is 176 Å². The highest BCUT2D eigenvalue weighted by atomic mass is 35.5. The molecule has 0 radical (unpaired) electrons. The minimum Gasteiger partial charge on any atom is -0.469 e. The first-order valence-electron chi connectivity index (χ1n) is 8.72. The predicted molar refractivity (Wildman–Crippen MR) is 112 cm³/mol. The van der Waals surface area contributed by atoms with E-state index in [0.717, 1.165) is 4.70 Å². The fourth-order valence-corrected chi connectivity index (χ4v) is 5.56. The van der Waals surface area contributed by atoms with Gasteiger partial charge in [-0.25, -0.2) is 22.4 Å². The Morgan fingerprint density at radius 2 is 2.03 bits per heavy atom. The second-order valence-corrected chi connectivity index (χ2v) is 9.42. The third-order valence-electron chi connectivity index (χ3n) is 4.53. The van der Waals surface area contributed by atoms with Crippen LogP contribution in [-0.4, -0.2) is 35.4 Å². The van der Waals surface area contributed by atoms with Crippen LogP contribution in [0.15, 0.2) is 46.8 Å². The molecule has 0 aliphatic heterocycles. The zero-order chi connectivity index (χ0) is 20.6. The van der Waals surface area contributed by atoms with Crippen LogP contribution in [0.5, 0.6) is 0 Å². The molecular weight excluding hydrogens is 434 g/mol. The van der Waals surface area contributed by atoms with Gasteiger partial charge in [-0.05, 0) is 49.2 Å². The monoisotopic (exact) mass is 449 g/mol. The van der Waals surface area contributed by atoms with Crippen LogP contribution >= 0.6 is 22.9 Å². The topological polar surface area (TPSA) is 91.1 Å². The molecule has 4 rings (SSSR count). The maximum Gasteiger partial charge on any atom is 0.305 e. The largest absolute Gasteiger partial charge is 0.469 e. The van der Waals surface area contributed by atoms with Crippen molar-refractivity contribution in [3.63, 3.8) is 0 Å². The number of thiazole rings is 1. The van der Waals surface area contributed by atoms with Gasteiger partial charge < -0.3 is 4.74 Å². The van der Waals surface area contributed by atoms with Crippen molar-refractivity contribution in [1.29, 1.82) is 0 Å². The first-order valence-corrected chi connectivity index (χ1v) is 11.4. The SMILES string of the molecule is COC(=O)CCCc1cc2nc(Cl)ccc2n1S(=O)(=O)c1ccc2scnc2c1. The molecule has 4 aromatic rings. The molecule has 3 heterocycles. The maximum atomic E-state index is 13.5. The van der Waals surface area contributed by atoms with Crippen molar-refractivity contribution in [2.45, 2.75) is 24.2 Å². The maximum absolute atomic E-state index is 13.5. The number of methoxy groups -OCH3 is 1. The summed E-state index contributed by atoms with van der Waals surface area (Å²) >= 11 is 7.44. The summed E-state index contributed by atoms with van der Waals surface area (Å²) in [6, 6.07) is 9.76. The first kappa shape index (κ1) is 19.8. The van der Waals surface area contributed by atoms with E-state index >= 15 is 0 Å². The Morgan fingerprint density at radius 1 is 1.21 bits per heavy atom. The van der Waals surface area contributed by atoms with Gasteiger partial charge in [0.25, 0.3) is 10.0 Å². The summed E-state index contributed by atoms with van der Waals surface area (Å²) in [5.74, 6) is -0.342. The summed E-state index contributed by atoms with van der Waals surface area (Å²) in [7, 11) is -2.59. The van der Waals surface area contributed by atoms with Crippen LogP contribution in [0.2, 0.25) is 5.15 Å². The number of hydrogen-bond donors (Lipinski definition) is 0. The minimum atomic E-state index is -3.91. The van der Waals surface area contributed by atoms with E-state index in [9.17, 15) is 13.2 Å². The molecule has 10 heteroatoms. The van der Waals surface area contributed by atoms with Gasteiger partial charge in [0, 0.05) is 12.1 Å². The molecule has 0 aliphatic rings. The lowest BCUT2D eigenvalue weighted by Crippen LogP contribution is -2.16. The minimum absolute atomic E-state index is 0.137. The van der Waals surface area contributed by atoms with Crippen LogP contribution in [0.1, 0.15) is 18.5 Å². The smallest absolute Gasteiger partial charge is 0.305 e. The van der Waals surface area contributed by atoms with Crippen molar-refractivity contribution in [1.82, 2.24) is 13.9 Å². The summed E-state index contributed by atoms with van der Waals surface area (Å²) < 4.78 is 33.9. The Hall–Kier alpha value is -2.49. The first-order chi connectivity index (χ1) is 13.9. The third kappa shape index (κ3) is 3.73. The Morgan fingerprint density at radius 3 is 2.83 bits per heavy atom. The summed E-state index contributed by atoms with van der Waals surface area (Å²) in [4.78, 5) is 20.0. The lowest BCUT2D eigenvalue weighted by Gasteiger charge is -2.12. The normalized spacial score (nSPS) is 11.9. The molecule has 29 heavy (non-hydrogen) atoms. The van der Waals surface area contributed by atoms with Crippen LogP contribution < -0.4 is 0 Å². The van der Waals surface area contributed by atoms with E-state index in [0.29, 0.717) is 35.1 Å². The molecule has 0 bridgehead atoms. The number of nitrogens with zero attached hydrogens (tertiary/aromatic N) is 3. The van der Waals surface area contributed by atoms with Crippen molar-refractivity contribution >= 4 is 60.2 Å². The number of carbonyl (C=O) groups is 1. The average molecular weight is 450 g/mol. The second kappa shape index (κ2) is 7.74. The molecule has 0 unspecified atom stereocenters. The molecular formula is C19H16ClN3O4S2. The number of pyridine rings is 1. The highest BCUT2D eigenvalue weighted by molar-refractivity contribution is 7.90. The standard InChI is InChI=1S/C19H16ClN3O4S2/c1-27-19(24)4-2-3-12-9-14-16(6-8-18(20)22-14)23(12)29(25,26)13-5-7-17-15(10-13)21-11-28-17/h5-11H,2-4H2,1H3. The van der Waals surface area contributed by atoms with Gasteiger partial charge in [0.05, 0.1) is 38.8 Å². The van der Waals surface area contributed by atoms with Crippen molar-refractivity contribution in [3.05, 3.63) is 52.8 Å². The fourth-order valence-electron chi connectivity index (χ4n) is 3.17. The zero-order valence-electron chi connectivity index (χ0n) is 15.3. The molecule has 0 saturated heterocycles. The van der Waals surface area contributed by atoms with Crippen molar-refractivity contribution in [2.24, 2.45) is 0 Å². The summed E-state index contributed by atoms with van der Waals surface area (Å²) in [5, 5.41) is 0.275. The van der Waals surface area contributed by atoms with Crippen LogP contribution in [0.3, 0.4) is 0 Å². The molecule has 0 amide bonds. The predicted octanol–water partition coefficient (Wildman–Crippen LogP) is 4.03. The molecule has 1 aromatic carbocycles. The number of carbonyl (C=O) groups excluding carboxylic acids is 1. The van der Waals surface area contributed by atoms with Gasteiger partial charge in [-0.3, -0.25) is 4.79 Å². The summed E-state index contributed by atoms with van der Waals surface area (Å²) in [5.41, 5.74) is 3.73. The van der Waals surface area contributed by atoms with Gasteiger partial charge in [0.2, 0.25) is 0 Å². The average Bonchev–Trinajstić information content (AvgIpc) is 3.31. The van der Waals surface area contributed by atoms with E-state index in [4.69, 9.17) is 11.6 Å². The second-order valence-electron chi connectivity index (χ2n) is 6.36. The van der Waals surface area contributed by atoms with Crippen LogP contribution in [0.25, 0.3) is 21.3 Å². The Kier molecular flexibility index (Phi) is 5.28. The Balaban J connectivity index is 1.83. The zero-order valence-corrected chi connectivity index (χ0v) is 17.7. The lowest BCUT2D eigenvalue weighted by atomic mass is 10.2. The third-order valence-corrected chi connectivity index (χ3v) is 7.32. The number of ether oxygens (including phenoxy) is 1. The van der Waals surface area contributed by atoms with Crippen molar-refractivity contribution in [3.8, 4) is 0 Å². The van der Waals surface area contributed by atoms with Gasteiger partial charge >= 0.3 is 5.97 Å². The van der Waals surface area contributed by atoms with Crippen LogP contribution in [0.4, 0.5) is 0 Å². The number of aryl methyl sites for hydroxylation is 1. The quantitative estimate of drug-likeness (QED) is 0.326. The number of fused-ring (bicyclic) bond motifs is 2. The van der Waals surface area contributed by atoms with Gasteiger partial charge in [0.15, 0.2) is 0 Å². The fraction of sp³-hybridized carbons (Fsp3) is 0.211. The number of rotatable bonds is 6. The van der Waals surface area contributed by atoms with Crippen LogP contribution in [-0.2, 0) is 26.0 Å². The molecule has 0 saturated carbocycles. The highest BCUT2D eigenvalue weighted by Crippen LogP contribution is 2.29. The summed E-state index contributed by atoms with van der Waals surface area (Å²) in [6.45, 7) is 0. The number of hydrogen-bond acceptors (Lipinski definition) is 7. The lowest BCUT2D eigenvalue weighted by molar-refractivity contribution is -0.140. The number of halogens is 1. The van der Waals surface area contributed by atoms with Gasteiger partial charge in [-0.15, -0.1) is 11.3 Å². The number of aromatic nitrogens is 3. The van der Waals surface area contributed by atoms with Crippen LogP contribution in [0, 0.1) is 0 Å². The molecule has 0 aliphatic carbocycles. The summed E-state index contributed by atoms with van der Waals surface area (Å²) in [6.07, 6.45) is 0.996. The van der Waals surface area contributed by atoms with Crippen molar-refractivity contribution in [2.75, 3.05) is 7.11 Å². The van der Waals surface area contributed by atoms with Gasteiger partial charge in [-0.2, -0.15) is 0 Å². The van der Waals surface area contributed by atoms with Gasteiger partial charge in [-0.1, -0.05) is 11.6 Å². The van der Waals surface area contributed by atoms with E-state index in [1.807, 2.05) is 0 Å². The number of esters is 1. The molecule has 0 N–H and O–H groups in total. The molecule has 7 nitrogen and oxygen atoms in total. The van der Waals surface area contributed by atoms with E-state index < -0.39 is 10.0 Å². The van der Waals surface area contributed by atoms with E-state index in [-0.39, 0.29) is 22.4 Å². The molecule has 0 spiro atoms. The number of benzene rings is 1. The molecule has 3 aromatic heterocycles. The van der Waals surface area contributed by atoms with E-state index in [1.54, 1.807) is 41.9 Å². The van der Waals surface area contributed by atoms with Crippen molar-refractivity contribution < 1.29 is 17.9 Å². The van der Waals surface area contributed by atoms with E-state index in [1.165, 1.54) is 22.4 Å². The molecule has 0 atom stereocenters.